The van der Waals surface area contributed by atoms with Crippen molar-refractivity contribution in [1.82, 2.24) is 14.5 Å². The number of nitrogens with zero attached hydrogens (tertiary/aromatic N) is 4. The van der Waals surface area contributed by atoms with Gasteiger partial charge in [0.15, 0.2) is 0 Å². The van der Waals surface area contributed by atoms with E-state index in [1.54, 1.807) is 16.8 Å². The molecule has 0 atom stereocenters. The van der Waals surface area contributed by atoms with Crippen molar-refractivity contribution in [3.63, 3.8) is 0 Å². The molecular weight excluding hydrogens is 320 g/mol. The molecule has 0 amide bonds. The Kier molecular flexibility index (Phi) is 4.21. The van der Waals surface area contributed by atoms with Crippen LogP contribution in [0.3, 0.4) is 0 Å². The van der Waals surface area contributed by atoms with Gasteiger partial charge in [-0.1, -0.05) is 24.4 Å². The molecule has 1 saturated carbocycles. The quantitative estimate of drug-likeness (QED) is 0.306. The van der Waals surface area contributed by atoms with Crippen LogP contribution in [0.5, 0.6) is 0 Å². The van der Waals surface area contributed by atoms with Crippen molar-refractivity contribution in [2.75, 3.05) is 7.11 Å². The van der Waals surface area contributed by atoms with Crippen LogP contribution < -0.4 is 0 Å². The zero-order valence-electron chi connectivity index (χ0n) is 12.7. The number of halogens is 1. The normalized spacial score (nSPS) is 17.7. The first-order valence-electron chi connectivity index (χ1n) is 7.43. The summed E-state index contributed by atoms with van der Waals surface area (Å²) >= 11 is 5.94. The van der Waals surface area contributed by atoms with Crippen molar-refractivity contribution >= 4 is 34.8 Å². The van der Waals surface area contributed by atoms with Gasteiger partial charge in [0.2, 0.25) is 5.28 Å². The number of ether oxygens (including phenoxy) is 1. The molecule has 0 spiro atoms. The molecule has 0 unspecified atom stereocenters. The summed E-state index contributed by atoms with van der Waals surface area (Å²) in [7, 11) is 1.38. The van der Waals surface area contributed by atoms with Crippen molar-refractivity contribution < 1.29 is 14.7 Å². The highest BCUT2D eigenvalue weighted by Gasteiger charge is 2.44. The fourth-order valence-electron chi connectivity index (χ4n) is 3.44. The number of fused-ring (bicyclic) bond motifs is 1. The van der Waals surface area contributed by atoms with Crippen molar-refractivity contribution in [3.05, 3.63) is 23.2 Å². The molecule has 0 radical (unpaired) electrons. The van der Waals surface area contributed by atoms with E-state index in [0.29, 0.717) is 24.2 Å². The minimum Gasteiger partial charge on any atom is -0.467 e. The Morgan fingerprint density at radius 2 is 2.22 bits per heavy atom. The highest BCUT2D eigenvalue weighted by atomic mass is 35.5. The molecule has 8 heteroatoms. The molecule has 1 aliphatic carbocycles. The van der Waals surface area contributed by atoms with Gasteiger partial charge in [-0.15, -0.1) is 0 Å². The summed E-state index contributed by atoms with van der Waals surface area (Å²) in [5, 5.41) is 12.9. The van der Waals surface area contributed by atoms with Crippen molar-refractivity contribution in [3.8, 4) is 0 Å². The molecule has 23 heavy (non-hydrogen) atoms. The molecule has 1 fully saturated rings. The van der Waals surface area contributed by atoms with E-state index in [1.165, 1.54) is 13.3 Å². The molecular formula is C15H17ClN4O3. The maximum atomic E-state index is 12.6. The van der Waals surface area contributed by atoms with E-state index in [2.05, 4.69) is 15.1 Å². The third kappa shape index (κ3) is 2.55. The third-order valence-corrected chi connectivity index (χ3v) is 4.59. The van der Waals surface area contributed by atoms with Crippen molar-refractivity contribution in [2.45, 2.75) is 37.6 Å². The molecule has 1 aliphatic rings. The lowest BCUT2D eigenvalue weighted by atomic mass is 9.81. The lowest BCUT2D eigenvalue weighted by Gasteiger charge is -2.37. The SMILES string of the molecule is COC(=O)C1(n2c(/C=N/O)cc3cnc(Cl)nc32)CCCCC1. The largest absolute Gasteiger partial charge is 0.467 e. The fourth-order valence-corrected chi connectivity index (χ4v) is 3.57. The van der Waals surface area contributed by atoms with Gasteiger partial charge in [-0.3, -0.25) is 0 Å². The molecule has 2 aromatic heterocycles. The van der Waals surface area contributed by atoms with Gasteiger partial charge in [0, 0.05) is 11.6 Å². The van der Waals surface area contributed by atoms with E-state index in [9.17, 15) is 4.79 Å². The summed E-state index contributed by atoms with van der Waals surface area (Å²) in [5.74, 6) is -0.322. The minimum atomic E-state index is -0.872. The smallest absolute Gasteiger partial charge is 0.332 e. The number of hydrogen-bond donors (Lipinski definition) is 1. The molecule has 0 saturated heterocycles. The van der Waals surface area contributed by atoms with E-state index >= 15 is 0 Å². The van der Waals surface area contributed by atoms with Gasteiger partial charge >= 0.3 is 5.97 Å². The molecule has 2 aromatic rings. The number of hydrogen-bond acceptors (Lipinski definition) is 6. The van der Waals surface area contributed by atoms with Gasteiger partial charge in [-0.05, 0) is 30.5 Å². The number of rotatable bonds is 3. The average Bonchev–Trinajstić information content (AvgIpc) is 2.92. The van der Waals surface area contributed by atoms with Crippen LogP contribution in [0, 0.1) is 0 Å². The predicted octanol–water partition coefficient (Wildman–Crippen LogP) is 2.73. The second-order valence-corrected chi connectivity index (χ2v) is 5.99. The Labute approximate surface area is 137 Å². The second kappa shape index (κ2) is 6.16. The summed E-state index contributed by atoms with van der Waals surface area (Å²) in [4.78, 5) is 20.9. The van der Waals surface area contributed by atoms with Gasteiger partial charge in [-0.25, -0.2) is 9.78 Å². The molecule has 7 nitrogen and oxygen atoms in total. The molecule has 0 bridgehead atoms. The van der Waals surface area contributed by atoms with Crippen LogP contribution in [0.25, 0.3) is 11.0 Å². The Bertz CT molecular complexity index is 765. The Morgan fingerprint density at radius 1 is 1.48 bits per heavy atom. The van der Waals surface area contributed by atoms with E-state index in [0.717, 1.165) is 24.6 Å². The zero-order chi connectivity index (χ0) is 16.4. The molecule has 1 N–H and O–H groups in total. The van der Waals surface area contributed by atoms with Crippen LogP contribution in [0.2, 0.25) is 5.28 Å². The average molecular weight is 337 g/mol. The Morgan fingerprint density at radius 3 is 2.87 bits per heavy atom. The van der Waals surface area contributed by atoms with Crippen LogP contribution in [0.15, 0.2) is 17.4 Å². The number of carbonyl (C=O) groups is 1. The molecule has 2 heterocycles. The third-order valence-electron chi connectivity index (χ3n) is 4.40. The lowest BCUT2D eigenvalue weighted by molar-refractivity contribution is -0.153. The number of methoxy groups -OCH3 is 1. The number of oxime groups is 1. The maximum Gasteiger partial charge on any atom is 0.332 e. The van der Waals surface area contributed by atoms with Gasteiger partial charge in [0.05, 0.1) is 19.0 Å². The van der Waals surface area contributed by atoms with Gasteiger partial charge in [0.25, 0.3) is 0 Å². The second-order valence-electron chi connectivity index (χ2n) is 5.65. The highest BCUT2D eigenvalue weighted by Crippen LogP contribution is 2.39. The minimum absolute atomic E-state index is 0.0974. The van der Waals surface area contributed by atoms with Crippen LogP contribution in [0.1, 0.15) is 37.8 Å². The van der Waals surface area contributed by atoms with Crippen LogP contribution in [0.4, 0.5) is 0 Å². The lowest BCUT2D eigenvalue weighted by Crippen LogP contribution is -2.45. The fraction of sp³-hybridized carbons (Fsp3) is 0.467. The van der Waals surface area contributed by atoms with Crippen molar-refractivity contribution in [2.24, 2.45) is 5.16 Å². The summed E-state index contributed by atoms with van der Waals surface area (Å²) < 4.78 is 6.86. The number of carbonyl (C=O) groups excluding carboxylic acids is 1. The Hall–Kier alpha value is -2.15. The first-order valence-corrected chi connectivity index (χ1v) is 7.80. The van der Waals surface area contributed by atoms with Gasteiger partial charge < -0.3 is 14.5 Å². The first-order chi connectivity index (χ1) is 11.1. The van der Waals surface area contributed by atoms with Crippen LogP contribution >= 0.6 is 11.6 Å². The molecule has 122 valence electrons. The summed E-state index contributed by atoms with van der Waals surface area (Å²) in [6.07, 6.45) is 7.02. The van der Waals surface area contributed by atoms with E-state index in [-0.39, 0.29) is 11.3 Å². The zero-order valence-corrected chi connectivity index (χ0v) is 13.5. The van der Waals surface area contributed by atoms with Crippen molar-refractivity contribution in [1.29, 1.82) is 0 Å². The van der Waals surface area contributed by atoms with E-state index < -0.39 is 5.54 Å². The monoisotopic (exact) mass is 336 g/mol. The standard InChI is InChI=1S/C15H17ClN4O3/c1-23-13(21)15(5-3-2-4-6-15)20-11(9-18-22)7-10-8-17-14(16)19-12(10)20/h7-9,22H,2-6H2,1H3/b18-9+. The Balaban J connectivity index is 2.31. The van der Waals surface area contributed by atoms with E-state index in [1.807, 2.05) is 0 Å². The molecule has 0 aliphatic heterocycles. The first kappa shape index (κ1) is 15.7. The number of esters is 1. The predicted molar refractivity (Wildman–Crippen MR) is 85.0 cm³/mol. The maximum absolute atomic E-state index is 12.6. The summed E-state index contributed by atoms with van der Waals surface area (Å²) in [6.45, 7) is 0. The molecule has 3 rings (SSSR count). The summed E-state index contributed by atoms with van der Waals surface area (Å²) in [6, 6.07) is 1.77. The molecule has 0 aromatic carbocycles. The number of aromatic nitrogens is 3. The van der Waals surface area contributed by atoms with E-state index in [4.69, 9.17) is 21.5 Å². The van der Waals surface area contributed by atoms with Gasteiger partial charge in [-0.2, -0.15) is 4.98 Å². The van der Waals surface area contributed by atoms with Crippen LogP contribution in [-0.2, 0) is 15.1 Å². The summed E-state index contributed by atoms with van der Waals surface area (Å²) in [5.41, 5.74) is 0.224. The topological polar surface area (TPSA) is 89.6 Å². The van der Waals surface area contributed by atoms with Gasteiger partial charge in [0.1, 0.15) is 11.2 Å². The highest BCUT2D eigenvalue weighted by molar-refractivity contribution is 6.28. The van der Waals surface area contributed by atoms with Crippen LogP contribution in [-0.4, -0.2) is 39.0 Å².